The van der Waals surface area contributed by atoms with Crippen LogP contribution in [0.15, 0.2) is 12.1 Å². The van der Waals surface area contributed by atoms with Crippen molar-refractivity contribution < 1.29 is 19.5 Å². The van der Waals surface area contributed by atoms with Gasteiger partial charge in [-0.3, -0.25) is 10.1 Å². The molecule has 0 aliphatic rings. The van der Waals surface area contributed by atoms with Crippen molar-refractivity contribution in [3.05, 3.63) is 27.8 Å². The van der Waals surface area contributed by atoms with Gasteiger partial charge in [-0.1, -0.05) is 0 Å². The van der Waals surface area contributed by atoms with Crippen molar-refractivity contribution in [3.8, 4) is 11.5 Å². The average Bonchev–Trinajstić information content (AvgIpc) is 2.26. The van der Waals surface area contributed by atoms with Crippen molar-refractivity contribution in [2.24, 2.45) is 0 Å². The number of nitro benzene ring substituents is 1. The first-order chi connectivity index (χ1) is 7.13. The Bertz CT molecular complexity index is 352. The predicted octanol–water partition coefficient (Wildman–Crippen LogP) is 1.10. The van der Waals surface area contributed by atoms with E-state index in [9.17, 15) is 10.1 Å². The number of aliphatic hydroxyl groups excluding tert-OH is 1. The van der Waals surface area contributed by atoms with Crippen molar-refractivity contribution in [2.75, 3.05) is 14.2 Å². The Hall–Kier alpha value is -1.82. The molecule has 1 N–H and O–H groups in total. The molecule has 82 valence electrons. The summed E-state index contributed by atoms with van der Waals surface area (Å²) in [4.78, 5) is 10.0. The molecule has 0 amide bonds. The van der Waals surface area contributed by atoms with Gasteiger partial charge >= 0.3 is 0 Å². The summed E-state index contributed by atoms with van der Waals surface area (Å²) in [6.45, 7) is -0.346. The molecule has 15 heavy (non-hydrogen) atoms. The second-order valence-corrected chi connectivity index (χ2v) is 2.76. The van der Waals surface area contributed by atoms with E-state index in [2.05, 4.69) is 0 Å². The summed E-state index contributed by atoms with van der Waals surface area (Å²) in [7, 11) is 2.78. The van der Waals surface area contributed by atoms with Gasteiger partial charge in [-0.15, -0.1) is 0 Å². The number of rotatable bonds is 4. The van der Waals surface area contributed by atoms with Crippen LogP contribution in [0.2, 0.25) is 0 Å². The van der Waals surface area contributed by atoms with Crippen molar-refractivity contribution in [2.45, 2.75) is 6.61 Å². The van der Waals surface area contributed by atoms with Gasteiger partial charge in [-0.25, -0.2) is 0 Å². The number of nitro groups is 1. The molecule has 0 aromatic heterocycles. The maximum absolute atomic E-state index is 10.6. The lowest BCUT2D eigenvalue weighted by atomic mass is 10.1. The van der Waals surface area contributed by atoms with Crippen LogP contribution in [0.1, 0.15) is 5.56 Å². The molecule has 0 bridgehead atoms. The first-order valence-corrected chi connectivity index (χ1v) is 4.14. The highest BCUT2D eigenvalue weighted by Gasteiger charge is 2.17. The second-order valence-electron chi connectivity index (χ2n) is 2.76. The van der Waals surface area contributed by atoms with Crippen molar-refractivity contribution in [1.29, 1.82) is 0 Å². The highest BCUT2D eigenvalue weighted by molar-refractivity contribution is 5.54. The first-order valence-electron chi connectivity index (χ1n) is 4.14. The molecule has 0 aliphatic carbocycles. The van der Waals surface area contributed by atoms with E-state index >= 15 is 0 Å². The van der Waals surface area contributed by atoms with E-state index in [1.807, 2.05) is 0 Å². The molecule has 0 fully saturated rings. The smallest absolute Gasteiger partial charge is 0.273 e. The monoisotopic (exact) mass is 213 g/mol. The van der Waals surface area contributed by atoms with Gasteiger partial charge in [-0.05, 0) is 0 Å². The fourth-order valence-corrected chi connectivity index (χ4v) is 1.25. The number of nitrogens with zero attached hydrogens (tertiary/aromatic N) is 1. The van der Waals surface area contributed by atoms with E-state index in [0.717, 1.165) is 0 Å². The minimum Gasteiger partial charge on any atom is -0.493 e. The number of non-ortho nitro benzene ring substituents is 1. The summed E-state index contributed by atoms with van der Waals surface area (Å²) in [5.41, 5.74) is 0.181. The molecular formula is C9H11NO5. The Morgan fingerprint density at radius 3 is 2.47 bits per heavy atom. The lowest BCUT2D eigenvalue weighted by Crippen LogP contribution is -1.98. The van der Waals surface area contributed by atoms with Crippen LogP contribution < -0.4 is 9.47 Å². The van der Waals surface area contributed by atoms with Crippen molar-refractivity contribution in [1.82, 2.24) is 0 Å². The normalized spacial score (nSPS) is 9.80. The lowest BCUT2D eigenvalue weighted by Gasteiger charge is -2.10. The lowest BCUT2D eigenvalue weighted by molar-refractivity contribution is -0.385. The number of hydrogen-bond acceptors (Lipinski definition) is 5. The van der Waals surface area contributed by atoms with Gasteiger partial charge in [0.2, 0.25) is 0 Å². The first kappa shape index (κ1) is 11.3. The Morgan fingerprint density at radius 2 is 2.07 bits per heavy atom. The number of ether oxygens (including phenoxy) is 2. The SMILES string of the molecule is COc1cc([N+](=O)[O-])cc(CO)c1OC. The Balaban J connectivity index is 3.35. The molecule has 0 unspecified atom stereocenters. The third kappa shape index (κ3) is 2.16. The van der Waals surface area contributed by atoms with Crippen LogP contribution in [0.4, 0.5) is 5.69 Å². The highest BCUT2D eigenvalue weighted by atomic mass is 16.6. The molecular weight excluding hydrogens is 202 g/mol. The van der Waals surface area contributed by atoms with Crippen LogP contribution in [0.25, 0.3) is 0 Å². The second kappa shape index (κ2) is 4.61. The Kier molecular flexibility index (Phi) is 3.46. The zero-order valence-electron chi connectivity index (χ0n) is 8.39. The number of hydrogen-bond donors (Lipinski definition) is 1. The van der Waals surface area contributed by atoms with E-state index in [1.165, 1.54) is 26.4 Å². The molecule has 0 saturated heterocycles. The fourth-order valence-electron chi connectivity index (χ4n) is 1.25. The third-order valence-electron chi connectivity index (χ3n) is 1.92. The van der Waals surface area contributed by atoms with Crippen molar-refractivity contribution in [3.63, 3.8) is 0 Å². The molecule has 1 rings (SSSR count). The minimum absolute atomic E-state index is 0.142. The largest absolute Gasteiger partial charge is 0.493 e. The Labute approximate surface area is 86.2 Å². The van der Waals surface area contributed by atoms with Gasteiger partial charge in [0.1, 0.15) is 0 Å². The Morgan fingerprint density at radius 1 is 1.40 bits per heavy atom. The van der Waals surface area contributed by atoms with Gasteiger partial charge in [0.25, 0.3) is 5.69 Å². The summed E-state index contributed by atoms with van der Waals surface area (Å²) in [6.07, 6.45) is 0. The van der Waals surface area contributed by atoms with Gasteiger partial charge in [0.15, 0.2) is 11.5 Å². The molecule has 6 heteroatoms. The average molecular weight is 213 g/mol. The van der Waals surface area contributed by atoms with E-state index in [1.54, 1.807) is 0 Å². The summed E-state index contributed by atoms with van der Waals surface area (Å²) >= 11 is 0. The molecule has 0 atom stereocenters. The summed E-state index contributed by atoms with van der Waals surface area (Å²) in [5, 5.41) is 19.6. The molecule has 0 aliphatic heterocycles. The molecule has 0 spiro atoms. The number of benzene rings is 1. The zero-order chi connectivity index (χ0) is 11.4. The van der Waals surface area contributed by atoms with Crippen LogP contribution in [0.5, 0.6) is 11.5 Å². The van der Waals surface area contributed by atoms with Crippen LogP contribution >= 0.6 is 0 Å². The topological polar surface area (TPSA) is 81.8 Å². The van der Waals surface area contributed by atoms with Crippen LogP contribution in [-0.4, -0.2) is 24.2 Å². The molecule has 6 nitrogen and oxygen atoms in total. The predicted molar refractivity (Wildman–Crippen MR) is 52.1 cm³/mol. The number of aliphatic hydroxyl groups is 1. The van der Waals surface area contributed by atoms with Gasteiger partial charge in [0.05, 0.1) is 31.8 Å². The maximum atomic E-state index is 10.6. The molecule has 0 saturated carbocycles. The van der Waals surface area contributed by atoms with Crippen LogP contribution in [-0.2, 0) is 6.61 Å². The van der Waals surface area contributed by atoms with E-state index in [0.29, 0.717) is 11.3 Å². The quantitative estimate of drug-likeness (QED) is 0.598. The van der Waals surface area contributed by atoms with Crippen molar-refractivity contribution >= 4 is 5.69 Å². The standard InChI is InChI=1S/C9H11NO5/c1-14-8-4-7(10(12)13)3-6(5-11)9(8)15-2/h3-4,11H,5H2,1-2H3. The van der Waals surface area contributed by atoms with Crippen LogP contribution in [0.3, 0.4) is 0 Å². The zero-order valence-corrected chi connectivity index (χ0v) is 8.39. The molecule has 1 aromatic carbocycles. The summed E-state index contributed by atoms with van der Waals surface area (Å²) < 4.78 is 9.91. The van der Waals surface area contributed by atoms with E-state index < -0.39 is 4.92 Å². The van der Waals surface area contributed by atoms with Crippen LogP contribution in [0, 0.1) is 10.1 Å². The highest BCUT2D eigenvalue weighted by Crippen LogP contribution is 2.35. The molecule has 0 radical (unpaired) electrons. The summed E-state index contributed by atoms with van der Waals surface area (Å²) in [6, 6.07) is 2.50. The fraction of sp³-hybridized carbons (Fsp3) is 0.333. The van der Waals surface area contributed by atoms with Gasteiger partial charge < -0.3 is 14.6 Å². The van der Waals surface area contributed by atoms with E-state index in [-0.39, 0.29) is 18.0 Å². The molecule has 0 heterocycles. The third-order valence-corrected chi connectivity index (χ3v) is 1.92. The van der Waals surface area contributed by atoms with Gasteiger partial charge in [0, 0.05) is 11.6 Å². The number of methoxy groups -OCH3 is 2. The maximum Gasteiger partial charge on any atom is 0.273 e. The van der Waals surface area contributed by atoms with Gasteiger partial charge in [-0.2, -0.15) is 0 Å². The molecule has 1 aromatic rings. The minimum atomic E-state index is -0.554. The van der Waals surface area contributed by atoms with E-state index in [4.69, 9.17) is 14.6 Å². The summed E-state index contributed by atoms with van der Waals surface area (Å²) in [5.74, 6) is 0.543.